The average molecular weight is 333 g/mol. The van der Waals surface area contributed by atoms with Crippen molar-refractivity contribution in [2.45, 2.75) is 25.8 Å². The monoisotopic (exact) mass is 333 g/mol. The van der Waals surface area contributed by atoms with Gasteiger partial charge in [0.2, 0.25) is 5.91 Å². The van der Waals surface area contributed by atoms with E-state index >= 15 is 0 Å². The molecule has 1 atom stereocenters. The first kappa shape index (κ1) is 17.5. The van der Waals surface area contributed by atoms with Crippen LogP contribution in [0.15, 0.2) is 29.4 Å². The third kappa shape index (κ3) is 4.55. The molecule has 1 aromatic rings. The maximum absolute atomic E-state index is 12.2. The number of ether oxygens (including phenoxy) is 1. The number of amides is 2. The van der Waals surface area contributed by atoms with Gasteiger partial charge in [0, 0.05) is 19.9 Å². The molecule has 0 radical (unpaired) electrons. The van der Waals surface area contributed by atoms with Gasteiger partial charge in [-0.15, -0.1) is 0 Å². The predicted octanol–water partition coefficient (Wildman–Crippen LogP) is 0.935. The van der Waals surface area contributed by atoms with Gasteiger partial charge >= 0.3 is 5.97 Å². The Morgan fingerprint density at radius 2 is 2.00 bits per heavy atom. The van der Waals surface area contributed by atoms with Crippen LogP contribution in [-0.2, 0) is 14.4 Å². The number of carboxylic acid groups (broad SMARTS) is 1. The maximum atomic E-state index is 12.2. The van der Waals surface area contributed by atoms with Gasteiger partial charge in [-0.25, -0.2) is 9.80 Å². The van der Waals surface area contributed by atoms with Crippen molar-refractivity contribution in [3.63, 3.8) is 0 Å². The minimum Gasteiger partial charge on any atom is -0.482 e. The summed E-state index contributed by atoms with van der Waals surface area (Å²) in [7, 11) is 1.52. The summed E-state index contributed by atoms with van der Waals surface area (Å²) in [5, 5.41) is 16.6. The lowest BCUT2D eigenvalue weighted by molar-refractivity contribution is -0.139. The third-order valence-corrected chi connectivity index (χ3v) is 3.56. The topological polar surface area (TPSA) is 108 Å². The lowest BCUT2D eigenvalue weighted by atomic mass is 10.1. The van der Waals surface area contributed by atoms with Gasteiger partial charge in [-0.2, -0.15) is 5.10 Å². The van der Waals surface area contributed by atoms with Gasteiger partial charge < -0.3 is 15.2 Å². The number of aliphatic carboxylic acids is 1. The van der Waals surface area contributed by atoms with Crippen LogP contribution in [0, 0.1) is 0 Å². The molecule has 0 aromatic heterocycles. The quantitative estimate of drug-likeness (QED) is 0.805. The van der Waals surface area contributed by atoms with Crippen LogP contribution < -0.4 is 10.1 Å². The molecule has 24 heavy (non-hydrogen) atoms. The Bertz CT molecular complexity index is 669. The fourth-order valence-corrected chi connectivity index (χ4v) is 2.19. The molecule has 2 rings (SSSR count). The molecule has 1 aliphatic heterocycles. The molecule has 1 unspecified atom stereocenters. The van der Waals surface area contributed by atoms with Crippen molar-refractivity contribution < 1.29 is 24.2 Å². The molecule has 2 N–H and O–H groups in total. The van der Waals surface area contributed by atoms with Crippen molar-refractivity contribution in [3.8, 4) is 5.75 Å². The van der Waals surface area contributed by atoms with E-state index in [1.54, 1.807) is 24.3 Å². The number of hydrazone groups is 1. The van der Waals surface area contributed by atoms with Crippen molar-refractivity contribution >= 4 is 23.5 Å². The van der Waals surface area contributed by atoms with Crippen LogP contribution in [0.4, 0.5) is 0 Å². The lowest BCUT2D eigenvalue weighted by Crippen LogP contribution is -2.38. The minimum atomic E-state index is -1.04. The molecule has 2 amide bonds. The third-order valence-electron chi connectivity index (χ3n) is 3.56. The predicted molar refractivity (Wildman–Crippen MR) is 85.6 cm³/mol. The van der Waals surface area contributed by atoms with E-state index in [4.69, 9.17) is 9.84 Å². The molecule has 0 saturated heterocycles. The summed E-state index contributed by atoms with van der Waals surface area (Å²) >= 11 is 0. The second-order valence-corrected chi connectivity index (χ2v) is 5.41. The highest BCUT2D eigenvalue weighted by Crippen LogP contribution is 2.18. The number of benzene rings is 1. The zero-order valence-corrected chi connectivity index (χ0v) is 13.5. The lowest BCUT2D eigenvalue weighted by Gasteiger charge is -2.21. The van der Waals surface area contributed by atoms with Crippen LogP contribution in [0.1, 0.15) is 31.4 Å². The second-order valence-electron chi connectivity index (χ2n) is 5.41. The van der Waals surface area contributed by atoms with E-state index in [9.17, 15) is 14.4 Å². The van der Waals surface area contributed by atoms with Crippen LogP contribution in [0.3, 0.4) is 0 Å². The normalized spacial score (nSPS) is 15.5. The average Bonchev–Trinajstić information content (AvgIpc) is 2.55. The highest BCUT2D eigenvalue weighted by molar-refractivity contribution is 6.39. The first-order valence-corrected chi connectivity index (χ1v) is 7.46. The summed E-state index contributed by atoms with van der Waals surface area (Å²) in [6, 6.07) is 6.52. The number of carbonyl (C=O) groups excluding carboxylic acids is 2. The highest BCUT2D eigenvalue weighted by Gasteiger charge is 2.23. The van der Waals surface area contributed by atoms with E-state index in [0.29, 0.717) is 17.9 Å². The van der Waals surface area contributed by atoms with Crippen LogP contribution in [-0.4, -0.2) is 47.3 Å². The van der Waals surface area contributed by atoms with Gasteiger partial charge in [-0.3, -0.25) is 9.59 Å². The van der Waals surface area contributed by atoms with E-state index in [1.807, 2.05) is 6.92 Å². The van der Waals surface area contributed by atoms with Crippen molar-refractivity contribution in [1.29, 1.82) is 0 Å². The van der Waals surface area contributed by atoms with Crippen molar-refractivity contribution in [2.75, 3.05) is 13.7 Å². The van der Waals surface area contributed by atoms with Gasteiger partial charge in [0.1, 0.15) is 11.5 Å². The Labute approximate surface area is 139 Å². The molecule has 0 spiro atoms. The molecule has 0 fully saturated rings. The largest absolute Gasteiger partial charge is 0.482 e. The van der Waals surface area contributed by atoms with E-state index in [2.05, 4.69) is 10.4 Å². The van der Waals surface area contributed by atoms with E-state index in [0.717, 1.165) is 5.56 Å². The zero-order valence-electron chi connectivity index (χ0n) is 13.5. The molecular weight excluding hydrogens is 314 g/mol. The van der Waals surface area contributed by atoms with Gasteiger partial charge in [0.05, 0.1) is 6.04 Å². The SMILES string of the molecule is CC(NC(=O)C1=NN(C)C(=O)CC1)c1ccc(OCC(=O)O)cc1. The van der Waals surface area contributed by atoms with Crippen LogP contribution in [0.5, 0.6) is 5.75 Å². The summed E-state index contributed by atoms with van der Waals surface area (Å²) in [6.45, 7) is 1.42. The number of nitrogens with one attached hydrogen (secondary N) is 1. The molecule has 128 valence electrons. The molecule has 0 aliphatic carbocycles. The first-order chi connectivity index (χ1) is 11.4. The summed E-state index contributed by atoms with van der Waals surface area (Å²) < 4.78 is 5.06. The van der Waals surface area contributed by atoms with E-state index < -0.39 is 12.6 Å². The Hall–Kier alpha value is -2.90. The Morgan fingerprint density at radius 1 is 1.33 bits per heavy atom. The number of carboxylic acids is 1. The molecule has 0 bridgehead atoms. The fourth-order valence-electron chi connectivity index (χ4n) is 2.19. The van der Waals surface area contributed by atoms with Crippen LogP contribution in [0.25, 0.3) is 0 Å². The molecule has 1 heterocycles. The number of hydrogen-bond acceptors (Lipinski definition) is 5. The van der Waals surface area contributed by atoms with Gasteiger partial charge in [-0.05, 0) is 24.6 Å². The number of carbonyl (C=O) groups is 3. The van der Waals surface area contributed by atoms with Gasteiger partial charge in [0.25, 0.3) is 5.91 Å². The summed E-state index contributed by atoms with van der Waals surface area (Å²) in [5.74, 6) is -1.03. The number of rotatable bonds is 6. The molecule has 0 saturated carbocycles. The minimum absolute atomic E-state index is 0.114. The molecule has 8 heteroatoms. The van der Waals surface area contributed by atoms with E-state index in [-0.39, 0.29) is 24.3 Å². The van der Waals surface area contributed by atoms with Crippen molar-refractivity contribution in [1.82, 2.24) is 10.3 Å². The first-order valence-electron chi connectivity index (χ1n) is 7.46. The van der Waals surface area contributed by atoms with Crippen LogP contribution in [0.2, 0.25) is 0 Å². The molecular formula is C16H19N3O5. The molecule has 1 aliphatic rings. The highest BCUT2D eigenvalue weighted by atomic mass is 16.5. The van der Waals surface area contributed by atoms with E-state index in [1.165, 1.54) is 12.1 Å². The summed E-state index contributed by atoms with van der Waals surface area (Å²) in [6.07, 6.45) is 0.594. The molecule has 1 aromatic carbocycles. The Kier molecular flexibility index (Phi) is 5.51. The van der Waals surface area contributed by atoms with Crippen LogP contribution >= 0.6 is 0 Å². The number of nitrogens with zero attached hydrogens (tertiary/aromatic N) is 2. The standard InChI is InChI=1S/C16H19N3O5/c1-10(11-3-5-12(6-4-11)24-9-15(21)22)17-16(23)13-7-8-14(20)19(2)18-13/h3-6,10H,7-9H2,1-2H3,(H,17,23)(H,21,22). The maximum Gasteiger partial charge on any atom is 0.341 e. The second kappa shape index (κ2) is 7.58. The Morgan fingerprint density at radius 3 is 2.58 bits per heavy atom. The van der Waals surface area contributed by atoms with Crippen molar-refractivity contribution in [2.24, 2.45) is 5.10 Å². The summed E-state index contributed by atoms with van der Waals surface area (Å²) in [4.78, 5) is 34.0. The fraction of sp³-hybridized carbons (Fsp3) is 0.375. The van der Waals surface area contributed by atoms with Gasteiger partial charge in [0.15, 0.2) is 6.61 Å². The molecule has 8 nitrogen and oxygen atoms in total. The van der Waals surface area contributed by atoms with Gasteiger partial charge in [-0.1, -0.05) is 12.1 Å². The zero-order chi connectivity index (χ0) is 17.7. The number of hydrogen-bond donors (Lipinski definition) is 2. The van der Waals surface area contributed by atoms with Crippen molar-refractivity contribution in [3.05, 3.63) is 29.8 Å². The Balaban J connectivity index is 1.95. The summed E-state index contributed by atoms with van der Waals surface area (Å²) in [5.41, 5.74) is 1.16. The smallest absolute Gasteiger partial charge is 0.341 e.